The molecule has 10 heteroatoms. The van der Waals surface area contributed by atoms with Crippen molar-refractivity contribution >= 4 is 23.2 Å². The molecule has 0 radical (unpaired) electrons. The monoisotopic (exact) mass is 634 g/mol. The maximum Gasteiger partial charge on any atom is 0.264 e. The van der Waals surface area contributed by atoms with Crippen LogP contribution in [0.3, 0.4) is 0 Å². The Balaban J connectivity index is 1.47. The molecule has 2 amide bonds. The lowest BCUT2D eigenvalue weighted by atomic mass is 9.93. The number of halogens is 1. The van der Waals surface area contributed by atoms with E-state index in [4.69, 9.17) is 0 Å². The van der Waals surface area contributed by atoms with Crippen LogP contribution in [0.1, 0.15) is 44.5 Å². The maximum atomic E-state index is 14.9. The van der Waals surface area contributed by atoms with Crippen LogP contribution in [0.5, 0.6) is 5.75 Å². The van der Waals surface area contributed by atoms with Gasteiger partial charge in [0.1, 0.15) is 11.6 Å². The molecule has 9 nitrogen and oxygen atoms in total. The van der Waals surface area contributed by atoms with Crippen molar-refractivity contribution in [3.8, 4) is 17.0 Å². The fourth-order valence-corrected chi connectivity index (χ4v) is 6.32. The van der Waals surface area contributed by atoms with Gasteiger partial charge in [0.15, 0.2) is 0 Å². The Morgan fingerprint density at radius 1 is 0.979 bits per heavy atom. The van der Waals surface area contributed by atoms with Gasteiger partial charge in [0.2, 0.25) is 0 Å². The molecule has 0 aliphatic carbocycles. The Bertz CT molecular complexity index is 1940. The molecule has 1 aliphatic rings. The number of nitrogens with zero attached hydrogens (tertiary/aromatic N) is 6. The summed E-state index contributed by atoms with van der Waals surface area (Å²) in [7, 11) is 5.73. The molecule has 2 aromatic heterocycles. The highest BCUT2D eigenvalue weighted by Gasteiger charge is 2.31. The first-order valence-corrected chi connectivity index (χ1v) is 15.7. The molecule has 3 aromatic carbocycles. The number of rotatable bonds is 8. The van der Waals surface area contributed by atoms with E-state index in [-0.39, 0.29) is 29.2 Å². The molecule has 5 aromatic rings. The van der Waals surface area contributed by atoms with Gasteiger partial charge in [-0.2, -0.15) is 5.10 Å². The first-order chi connectivity index (χ1) is 22.5. The van der Waals surface area contributed by atoms with Crippen LogP contribution < -0.4 is 4.90 Å². The summed E-state index contributed by atoms with van der Waals surface area (Å²) in [4.78, 5) is 34.3. The lowest BCUT2D eigenvalue weighted by Crippen LogP contribution is -2.42. The number of fused-ring (bicyclic) bond motifs is 1. The van der Waals surface area contributed by atoms with Crippen LogP contribution in [0.2, 0.25) is 0 Å². The zero-order valence-electron chi connectivity index (χ0n) is 27.3. The van der Waals surface area contributed by atoms with E-state index in [0.29, 0.717) is 59.9 Å². The van der Waals surface area contributed by atoms with Crippen LogP contribution >= 0.6 is 0 Å². The molecule has 1 N–H and O–H groups in total. The summed E-state index contributed by atoms with van der Waals surface area (Å²) in [6.45, 7) is 5.54. The lowest BCUT2D eigenvalue weighted by Gasteiger charge is -2.35. The van der Waals surface area contributed by atoms with Gasteiger partial charge >= 0.3 is 0 Å². The van der Waals surface area contributed by atoms with Gasteiger partial charge in [-0.05, 0) is 94.0 Å². The molecule has 0 saturated heterocycles. The van der Waals surface area contributed by atoms with Crippen LogP contribution in [-0.4, -0.2) is 67.8 Å². The molecule has 0 bridgehead atoms. The maximum absolute atomic E-state index is 14.9. The molecule has 0 fully saturated rings. The number of likely N-dealkylation sites (N-methyl/N-ethyl adjacent to an activating group) is 1. The molecule has 0 saturated carbocycles. The highest BCUT2D eigenvalue weighted by atomic mass is 19.1. The van der Waals surface area contributed by atoms with E-state index >= 15 is 0 Å². The summed E-state index contributed by atoms with van der Waals surface area (Å²) in [6, 6.07) is 20.5. The van der Waals surface area contributed by atoms with Crippen molar-refractivity contribution in [1.29, 1.82) is 0 Å². The van der Waals surface area contributed by atoms with Crippen molar-refractivity contribution in [1.82, 2.24) is 24.1 Å². The minimum Gasteiger partial charge on any atom is -0.508 e. The first kappa shape index (κ1) is 31.7. The van der Waals surface area contributed by atoms with E-state index in [1.54, 1.807) is 53.3 Å². The highest BCUT2D eigenvalue weighted by molar-refractivity contribution is 6.12. The average Bonchev–Trinajstić information content (AvgIpc) is 3.62. The topological polar surface area (TPSA) is 86.8 Å². The largest absolute Gasteiger partial charge is 0.508 e. The number of phenols is 1. The van der Waals surface area contributed by atoms with E-state index in [1.165, 1.54) is 29.8 Å². The van der Waals surface area contributed by atoms with E-state index in [1.807, 2.05) is 60.5 Å². The second-order valence-electron chi connectivity index (χ2n) is 12.5. The number of phenolic OH excluding ortho intramolecular Hbond substituents is 1. The van der Waals surface area contributed by atoms with Crippen LogP contribution in [-0.2, 0) is 26.6 Å². The Morgan fingerprint density at radius 2 is 1.70 bits per heavy atom. The van der Waals surface area contributed by atoms with Crippen molar-refractivity contribution in [2.24, 2.45) is 7.05 Å². The van der Waals surface area contributed by atoms with E-state index in [0.717, 1.165) is 5.56 Å². The summed E-state index contributed by atoms with van der Waals surface area (Å²) < 4.78 is 18.6. The molecule has 242 valence electrons. The molecular weight excluding hydrogens is 595 g/mol. The fourth-order valence-electron chi connectivity index (χ4n) is 6.32. The molecule has 0 unspecified atom stereocenters. The van der Waals surface area contributed by atoms with Crippen molar-refractivity contribution in [2.45, 2.75) is 39.4 Å². The van der Waals surface area contributed by atoms with E-state index in [2.05, 4.69) is 11.2 Å². The third-order valence-electron chi connectivity index (χ3n) is 8.88. The number of carbonyl (C=O) groups is 2. The third kappa shape index (κ3) is 6.29. The number of aromatic nitrogens is 3. The molecule has 0 spiro atoms. The predicted molar refractivity (Wildman–Crippen MR) is 180 cm³/mol. The molecule has 3 heterocycles. The van der Waals surface area contributed by atoms with Crippen molar-refractivity contribution < 1.29 is 19.1 Å². The minimum atomic E-state index is -0.503. The van der Waals surface area contributed by atoms with Gasteiger partial charge in [0, 0.05) is 61.6 Å². The van der Waals surface area contributed by atoms with Crippen molar-refractivity contribution in [3.63, 3.8) is 0 Å². The van der Waals surface area contributed by atoms with Crippen molar-refractivity contribution in [3.05, 3.63) is 119 Å². The second kappa shape index (κ2) is 12.9. The van der Waals surface area contributed by atoms with Gasteiger partial charge < -0.3 is 19.5 Å². The molecule has 47 heavy (non-hydrogen) atoms. The number of hydrogen-bond donors (Lipinski definition) is 1. The van der Waals surface area contributed by atoms with Crippen LogP contribution in [0.4, 0.5) is 15.8 Å². The highest BCUT2D eigenvalue weighted by Crippen LogP contribution is 2.35. The van der Waals surface area contributed by atoms with Gasteiger partial charge in [-0.25, -0.2) is 4.39 Å². The number of benzene rings is 3. The van der Waals surface area contributed by atoms with Crippen LogP contribution in [0.25, 0.3) is 11.3 Å². The van der Waals surface area contributed by atoms with Gasteiger partial charge in [-0.15, -0.1) is 0 Å². The number of aromatic hydroxyl groups is 1. The Morgan fingerprint density at radius 3 is 2.38 bits per heavy atom. The zero-order chi connectivity index (χ0) is 33.4. The number of amides is 2. The standard InChI is InChI=1S/C37H39FN6O3/c1-24-18-26-8-6-7-9-27(26)22-43(24)36(46)34-19-28(38)10-15-32(34)35-20-33(25(2)42(35)17-16-40(3)4)37(47)44(30-21-39-41(5)23-30)29-11-13-31(45)14-12-29/h6-15,19-21,23-24,45H,16-18,22H2,1-5H3/t24-/m1/s1. The van der Waals surface area contributed by atoms with Gasteiger partial charge in [0.05, 0.1) is 23.0 Å². The lowest BCUT2D eigenvalue weighted by molar-refractivity contribution is 0.0658. The quantitative estimate of drug-likeness (QED) is 0.221. The first-order valence-electron chi connectivity index (χ1n) is 15.7. The number of anilines is 2. The van der Waals surface area contributed by atoms with Gasteiger partial charge in [-0.1, -0.05) is 24.3 Å². The smallest absolute Gasteiger partial charge is 0.264 e. The summed E-state index contributed by atoms with van der Waals surface area (Å²) in [5, 5.41) is 14.2. The predicted octanol–water partition coefficient (Wildman–Crippen LogP) is 6.17. The van der Waals surface area contributed by atoms with Crippen LogP contribution in [0.15, 0.2) is 85.2 Å². The number of carbonyl (C=O) groups excluding carboxylic acids is 2. The van der Waals surface area contributed by atoms with Gasteiger partial charge in [-0.3, -0.25) is 19.2 Å². The number of aryl methyl sites for hydroxylation is 1. The molecular formula is C37H39FN6O3. The Kier molecular flexibility index (Phi) is 8.70. The van der Waals surface area contributed by atoms with E-state index < -0.39 is 5.82 Å². The third-order valence-corrected chi connectivity index (χ3v) is 8.88. The summed E-state index contributed by atoms with van der Waals surface area (Å²) in [6.07, 6.45) is 4.07. The van der Waals surface area contributed by atoms with E-state index in [9.17, 15) is 19.1 Å². The van der Waals surface area contributed by atoms with Gasteiger partial charge in [0.25, 0.3) is 11.8 Å². The zero-order valence-corrected chi connectivity index (χ0v) is 27.3. The second-order valence-corrected chi connectivity index (χ2v) is 12.5. The Hall–Kier alpha value is -5.22. The number of hydrogen-bond acceptors (Lipinski definition) is 5. The molecule has 6 rings (SSSR count). The van der Waals surface area contributed by atoms with Crippen molar-refractivity contribution in [2.75, 3.05) is 25.5 Å². The van der Waals surface area contributed by atoms with Crippen LogP contribution in [0, 0.1) is 12.7 Å². The Labute approximate surface area is 274 Å². The SMILES string of the molecule is Cc1c(C(=O)N(c2ccc(O)cc2)c2cnn(C)c2)cc(-c2ccc(F)cc2C(=O)N2Cc3ccccc3C[C@H]2C)n1CCN(C)C. The summed E-state index contributed by atoms with van der Waals surface area (Å²) >= 11 is 0. The minimum absolute atomic E-state index is 0.0775. The molecule has 1 aliphatic heterocycles. The summed E-state index contributed by atoms with van der Waals surface area (Å²) in [5.41, 5.74) is 6.01. The molecule has 1 atom stereocenters. The normalized spacial score (nSPS) is 14.4. The fraction of sp³-hybridized carbons (Fsp3) is 0.270. The average molecular weight is 635 g/mol. The summed E-state index contributed by atoms with van der Waals surface area (Å²) in [5.74, 6) is -0.979.